The van der Waals surface area contributed by atoms with Crippen molar-refractivity contribution in [2.75, 3.05) is 26.7 Å². The summed E-state index contributed by atoms with van der Waals surface area (Å²) < 4.78 is 10.7. The predicted molar refractivity (Wildman–Crippen MR) is 52.6 cm³/mol. The summed E-state index contributed by atoms with van der Waals surface area (Å²) >= 11 is 0. The highest BCUT2D eigenvalue weighted by Gasteiger charge is 2.20. The fraction of sp³-hybridized carbons (Fsp3) is 0.700. The van der Waals surface area contributed by atoms with Crippen molar-refractivity contribution in [2.45, 2.75) is 19.8 Å². The third-order valence-electron chi connectivity index (χ3n) is 2.58. The van der Waals surface area contributed by atoms with Crippen molar-refractivity contribution in [1.29, 1.82) is 0 Å². The van der Waals surface area contributed by atoms with Gasteiger partial charge in [0.05, 0.1) is 12.2 Å². The van der Waals surface area contributed by atoms with E-state index < -0.39 is 0 Å². The summed E-state index contributed by atoms with van der Waals surface area (Å²) in [6.07, 6.45) is 1.91. The monoisotopic (exact) mass is 196 g/mol. The molecular weight excluding hydrogens is 180 g/mol. The van der Waals surface area contributed by atoms with Crippen LogP contribution >= 0.6 is 0 Å². The second-order valence-corrected chi connectivity index (χ2v) is 3.63. The Kier molecular flexibility index (Phi) is 2.72. The second-order valence-electron chi connectivity index (χ2n) is 3.63. The topological polar surface area (TPSA) is 38.5 Å². The summed E-state index contributed by atoms with van der Waals surface area (Å²) in [4.78, 5) is 2.30. The van der Waals surface area contributed by atoms with E-state index in [9.17, 15) is 0 Å². The average Bonchev–Trinajstić information content (AvgIpc) is 2.45. The Morgan fingerprint density at radius 3 is 3.00 bits per heavy atom. The fourth-order valence-corrected chi connectivity index (χ4v) is 1.73. The molecule has 0 saturated carbocycles. The molecule has 0 saturated heterocycles. The maximum absolute atomic E-state index is 5.41. The highest BCUT2D eigenvalue weighted by Crippen LogP contribution is 2.24. The van der Waals surface area contributed by atoms with E-state index in [1.54, 1.807) is 0 Å². The fourth-order valence-electron chi connectivity index (χ4n) is 1.73. The van der Waals surface area contributed by atoms with E-state index in [0.717, 1.165) is 37.3 Å². The molecule has 0 N–H and O–H groups in total. The number of likely N-dealkylation sites (N-methyl/N-ethyl adjacent to an activating group) is 1. The van der Waals surface area contributed by atoms with Crippen molar-refractivity contribution >= 4 is 0 Å². The summed E-state index contributed by atoms with van der Waals surface area (Å²) in [5.74, 6) is 1.69. The average molecular weight is 196 g/mol. The number of rotatable bonds is 2. The number of ether oxygens (including phenoxy) is 1. The molecule has 1 aliphatic heterocycles. The maximum atomic E-state index is 5.41. The molecule has 1 aliphatic rings. The lowest BCUT2D eigenvalue weighted by Crippen LogP contribution is -2.21. The molecule has 2 heterocycles. The Hall–Kier alpha value is -1.03. The highest BCUT2D eigenvalue weighted by molar-refractivity contribution is 5.29. The largest absolute Gasteiger partial charge is 0.476 e. The van der Waals surface area contributed by atoms with Gasteiger partial charge in [0.2, 0.25) is 0 Å². The molecule has 0 bridgehead atoms. The van der Waals surface area contributed by atoms with Crippen molar-refractivity contribution in [2.24, 2.45) is 0 Å². The van der Waals surface area contributed by atoms with Crippen LogP contribution < -0.4 is 4.74 Å². The van der Waals surface area contributed by atoms with Crippen LogP contribution in [0.15, 0.2) is 4.52 Å². The first-order valence-electron chi connectivity index (χ1n) is 5.10. The first-order valence-corrected chi connectivity index (χ1v) is 5.10. The SMILES string of the molecule is CCOc1noc2c1CCN(C)CC2. The van der Waals surface area contributed by atoms with Crippen LogP contribution in [-0.2, 0) is 12.8 Å². The first-order chi connectivity index (χ1) is 6.81. The van der Waals surface area contributed by atoms with Crippen LogP contribution in [0, 0.1) is 0 Å². The predicted octanol–water partition coefficient (Wildman–Crippen LogP) is 1.10. The third-order valence-corrected chi connectivity index (χ3v) is 2.58. The van der Waals surface area contributed by atoms with E-state index in [-0.39, 0.29) is 0 Å². The molecule has 2 rings (SSSR count). The zero-order valence-corrected chi connectivity index (χ0v) is 8.75. The first kappa shape index (κ1) is 9.52. The third kappa shape index (κ3) is 1.75. The standard InChI is InChI=1S/C10H16N2O2/c1-3-13-10-8-4-6-12(2)7-5-9(8)14-11-10/h3-7H2,1-2H3. The summed E-state index contributed by atoms with van der Waals surface area (Å²) in [5, 5.41) is 3.94. The molecule has 0 radical (unpaired) electrons. The molecule has 0 aliphatic carbocycles. The molecule has 14 heavy (non-hydrogen) atoms. The zero-order valence-electron chi connectivity index (χ0n) is 8.75. The van der Waals surface area contributed by atoms with E-state index >= 15 is 0 Å². The van der Waals surface area contributed by atoms with Gasteiger partial charge in [0.15, 0.2) is 0 Å². The molecule has 0 amide bonds. The number of nitrogens with zero attached hydrogens (tertiary/aromatic N) is 2. The molecule has 1 aromatic rings. The van der Waals surface area contributed by atoms with E-state index in [1.165, 1.54) is 0 Å². The van der Waals surface area contributed by atoms with Gasteiger partial charge in [-0.05, 0) is 25.5 Å². The molecule has 4 heteroatoms. The zero-order chi connectivity index (χ0) is 9.97. The van der Waals surface area contributed by atoms with Gasteiger partial charge in [-0.3, -0.25) is 0 Å². The molecule has 1 aromatic heterocycles. The van der Waals surface area contributed by atoms with Crippen LogP contribution in [0.4, 0.5) is 0 Å². The van der Waals surface area contributed by atoms with Crippen molar-refractivity contribution in [1.82, 2.24) is 10.1 Å². The normalized spacial score (nSPS) is 17.6. The van der Waals surface area contributed by atoms with Crippen molar-refractivity contribution in [3.63, 3.8) is 0 Å². The number of hydrogen-bond donors (Lipinski definition) is 0. The van der Waals surface area contributed by atoms with Gasteiger partial charge < -0.3 is 14.2 Å². The number of fused-ring (bicyclic) bond motifs is 1. The Morgan fingerprint density at radius 2 is 2.21 bits per heavy atom. The van der Waals surface area contributed by atoms with Gasteiger partial charge in [-0.2, -0.15) is 0 Å². The Balaban J connectivity index is 2.20. The highest BCUT2D eigenvalue weighted by atomic mass is 16.5. The van der Waals surface area contributed by atoms with Crippen LogP contribution in [-0.4, -0.2) is 36.8 Å². The molecule has 0 aromatic carbocycles. The smallest absolute Gasteiger partial charge is 0.257 e. The minimum Gasteiger partial charge on any atom is -0.476 e. The van der Waals surface area contributed by atoms with Gasteiger partial charge in [0, 0.05) is 19.5 Å². The Bertz CT molecular complexity index is 309. The molecule has 4 nitrogen and oxygen atoms in total. The maximum Gasteiger partial charge on any atom is 0.257 e. The van der Waals surface area contributed by atoms with E-state index in [1.807, 2.05) is 6.92 Å². The lowest BCUT2D eigenvalue weighted by atomic mass is 10.2. The van der Waals surface area contributed by atoms with Crippen LogP contribution in [0.3, 0.4) is 0 Å². The van der Waals surface area contributed by atoms with Crippen LogP contribution in [0.2, 0.25) is 0 Å². The second kappa shape index (κ2) is 4.00. The molecule has 0 unspecified atom stereocenters. The van der Waals surface area contributed by atoms with Gasteiger partial charge in [0.1, 0.15) is 5.76 Å². The minimum atomic E-state index is 0.648. The van der Waals surface area contributed by atoms with E-state index in [2.05, 4.69) is 17.1 Å². The van der Waals surface area contributed by atoms with Crippen LogP contribution in [0.1, 0.15) is 18.2 Å². The quantitative estimate of drug-likeness (QED) is 0.710. The van der Waals surface area contributed by atoms with Gasteiger partial charge in [-0.25, -0.2) is 0 Å². The van der Waals surface area contributed by atoms with E-state index in [4.69, 9.17) is 9.26 Å². The van der Waals surface area contributed by atoms with Crippen molar-refractivity contribution < 1.29 is 9.26 Å². The molecule has 0 atom stereocenters. The number of hydrogen-bond acceptors (Lipinski definition) is 4. The molecule has 0 spiro atoms. The summed E-state index contributed by atoms with van der Waals surface area (Å²) in [6.45, 7) is 4.70. The minimum absolute atomic E-state index is 0.648. The Morgan fingerprint density at radius 1 is 1.43 bits per heavy atom. The Labute approximate surface area is 83.8 Å². The number of aromatic nitrogens is 1. The summed E-state index contributed by atoms with van der Waals surface area (Å²) in [7, 11) is 2.12. The van der Waals surface area contributed by atoms with Gasteiger partial charge in [-0.15, -0.1) is 0 Å². The summed E-state index contributed by atoms with van der Waals surface area (Å²) in [5.41, 5.74) is 1.16. The van der Waals surface area contributed by atoms with Gasteiger partial charge in [-0.1, -0.05) is 0 Å². The van der Waals surface area contributed by atoms with Gasteiger partial charge >= 0.3 is 0 Å². The molecule has 0 fully saturated rings. The van der Waals surface area contributed by atoms with Crippen LogP contribution in [0.5, 0.6) is 5.88 Å². The summed E-state index contributed by atoms with van der Waals surface area (Å²) in [6, 6.07) is 0. The lowest BCUT2D eigenvalue weighted by Gasteiger charge is -2.11. The van der Waals surface area contributed by atoms with Crippen molar-refractivity contribution in [3.8, 4) is 5.88 Å². The molecular formula is C10H16N2O2. The van der Waals surface area contributed by atoms with Crippen molar-refractivity contribution in [3.05, 3.63) is 11.3 Å². The van der Waals surface area contributed by atoms with E-state index in [0.29, 0.717) is 12.5 Å². The lowest BCUT2D eigenvalue weighted by molar-refractivity contribution is 0.279. The van der Waals surface area contributed by atoms with Crippen LogP contribution in [0.25, 0.3) is 0 Å². The molecule has 78 valence electrons. The van der Waals surface area contributed by atoms with Gasteiger partial charge in [0.25, 0.3) is 5.88 Å².